The smallest absolute Gasteiger partial charge is 0.331 e. The molecule has 0 aromatic carbocycles. The molecule has 0 aliphatic carbocycles. The molecule has 2 aliphatic heterocycles. The van der Waals surface area contributed by atoms with Gasteiger partial charge in [-0.25, -0.2) is 9.80 Å². The lowest BCUT2D eigenvalue weighted by atomic mass is 9.76. The van der Waals surface area contributed by atoms with Gasteiger partial charge in [-0.1, -0.05) is 19.8 Å². The van der Waals surface area contributed by atoms with E-state index in [-0.39, 0.29) is 6.03 Å². The number of amides is 2. The molecule has 0 aromatic heterocycles. The predicted molar refractivity (Wildman–Crippen MR) is 79.7 cm³/mol. The number of piperidine rings is 2. The number of carbonyl (C=O) groups excluding carboxylic acids is 1. The van der Waals surface area contributed by atoms with E-state index in [0.29, 0.717) is 25.9 Å². The van der Waals surface area contributed by atoms with Crippen LogP contribution in [0.3, 0.4) is 0 Å². The molecule has 0 aromatic rings. The molecule has 21 heavy (non-hydrogen) atoms. The first-order valence-corrected chi connectivity index (χ1v) is 8.11. The van der Waals surface area contributed by atoms with Crippen LogP contribution in [0.15, 0.2) is 0 Å². The van der Waals surface area contributed by atoms with Gasteiger partial charge in [0.2, 0.25) is 0 Å². The molecule has 6 nitrogen and oxygen atoms in total. The molecule has 1 atom stereocenters. The molecule has 0 saturated carbocycles. The van der Waals surface area contributed by atoms with E-state index in [9.17, 15) is 14.7 Å². The van der Waals surface area contributed by atoms with E-state index in [2.05, 4.69) is 5.43 Å². The van der Waals surface area contributed by atoms with Crippen LogP contribution in [0, 0.1) is 5.41 Å². The minimum Gasteiger partial charge on any atom is -0.481 e. The Balaban J connectivity index is 1.95. The van der Waals surface area contributed by atoms with Gasteiger partial charge in [-0.05, 0) is 32.1 Å². The number of hydrazine groups is 1. The van der Waals surface area contributed by atoms with Gasteiger partial charge in [0.1, 0.15) is 0 Å². The van der Waals surface area contributed by atoms with Crippen LogP contribution in [0.4, 0.5) is 4.79 Å². The van der Waals surface area contributed by atoms with Crippen LogP contribution >= 0.6 is 0 Å². The first-order chi connectivity index (χ1) is 10.1. The summed E-state index contributed by atoms with van der Waals surface area (Å²) in [5.74, 6) is -0.764. The molecule has 0 spiro atoms. The van der Waals surface area contributed by atoms with Crippen LogP contribution in [0.1, 0.15) is 51.9 Å². The summed E-state index contributed by atoms with van der Waals surface area (Å²) in [5.41, 5.74) is 2.18. The molecule has 0 radical (unpaired) electrons. The third kappa shape index (κ3) is 3.87. The topological polar surface area (TPSA) is 72.9 Å². The third-order valence-electron chi connectivity index (χ3n) is 4.66. The van der Waals surface area contributed by atoms with Crippen molar-refractivity contribution in [1.29, 1.82) is 0 Å². The first kappa shape index (κ1) is 16.1. The third-order valence-corrected chi connectivity index (χ3v) is 4.66. The summed E-state index contributed by atoms with van der Waals surface area (Å²) < 4.78 is 0. The van der Waals surface area contributed by atoms with Crippen molar-refractivity contribution in [3.05, 3.63) is 0 Å². The molecule has 2 saturated heterocycles. The monoisotopic (exact) mass is 297 g/mol. The van der Waals surface area contributed by atoms with Crippen LogP contribution in [0.2, 0.25) is 0 Å². The van der Waals surface area contributed by atoms with Gasteiger partial charge in [0.15, 0.2) is 0 Å². The molecule has 2 N–H and O–H groups in total. The molecule has 2 amide bonds. The number of hydrogen-bond donors (Lipinski definition) is 2. The highest BCUT2D eigenvalue weighted by atomic mass is 16.4. The summed E-state index contributed by atoms with van der Waals surface area (Å²) in [6, 6.07) is -0.140. The van der Waals surface area contributed by atoms with Gasteiger partial charge in [-0.15, -0.1) is 0 Å². The zero-order valence-electron chi connectivity index (χ0n) is 12.9. The molecule has 2 heterocycles. The molecule has 1 unspecified atom stereocenters. The van der Waals surface area contributed by atoms with Crippen molar-refractivity contribution in [3.8, 4) is 0 Å². The van der Waals surface area contributed by atoms with Gasteiger partial charge >= 0.3 is 12.0 Å². The van der Waals surface area contributed by atoms with E-state index in [1.165, 1.54) is 6.42 Å². The maximum absolute atomic E-state index is 12.4. The van der Waals surface area contributed by atoms with Crippen molar-refractivity contribution >= 4 is 12.0 Å². The van der Waals surface area contributed by atoms with Crippen LogP contribution in [0.25, 0.3) is 0 Å². The van der Waals surface area contributed by atoms with Crippen molar-refractivity contribution in [3.63, 3.8) is 0 Å². The lowest BCUT2D eigenvalue weighted by Gasteiger charge is -2.40. The lowest BCUT2D eigenvalue weighted by molar-refractivity contribution is -0.152. The number of urea groups is 1. The highest BCUT2D eigenvalue weighted by Gasteiger charge is 2.43. The minimum absolute atomic E-state index is 0.140. The number of nitrogens with one attached hydrogen (secondary N) is 1. The number of nitrogens with zero attached hydrogens (tertiary/aromatic N) is 2. The van der Waals surface area contributed by atoms with Crippen molar-refractivity contribution < 1.29 is 14.7 Å². The van der Waals surface area contributed by atoms with Crippen LogP contribution in [0.5, 0.6) is 0 Å². The lowest BCUT2D eigenvalue weighted by Crippen LogP contribution is -2.56. The standard InChI is InChI=1S/C15H27N3O3/c1-2-7-15(13(19)20)8-6-9-17(12-15)14(21)16-18-10-4-3-5-11-18/h2-12H2,1H3,(H,16,21)(H,19,20). The average molecular weight is 297 g/mol. The summed E-state index contributed by atoms with van der Waals surface area (Å²) in [4.78, 5) is 25.7. The zero-order valence-corrected chi connectivity index (χ0v) is 12.9. The van der Waals surface area contributed by atoms with Gasteiger partial charge in [0.05, 0.1) is 5.41 Å². The minimum atomic E-state index is -0.764. The fourth-order valence-corrected chi connectivity index (χ4v) is 3.48. The van der Waals surface area contributed by atoms with E-state index in [1.54, 1.807) is 4.90 Å². The molecule has 0 bridgehead atoms. The number of hydrogen-bond acceptors (Lipinski definition) is 3. The largest absolute Gasteiger partial charge is 0.481 e. The first-order valence-electron chi connectivity index (χ1n) is 8.11. The molecule has 120 valence electrons. The molecular formula is C15H27N3O3. The Hall–Kier alpha value is -1.30. The summed E-state index contributed by atoms with van der Waals surface area (Å²) in [6.45, 7) is 4.75. The Morgan fingerprint density at radius 3 is 2.48 bits per heavy atom. The Labute approximate surface area is 126 Å². The average Bonchev–Trinajstić information content (AvgIpc) is 2.48. The number of rotatable bonds is 4. The van der Waals surface area contributed by atoms with Crippen molar-refractivity contribution in [2.75, 3.05) is 26.2 Å². The second-order valence-corrected chi connectivity index (χ2v) is 6.33. The summed E-state index contributed by atoms with van der Waals surface area (Å²) in [7, 11) is 0. The van der Waals surface area contributed by atoms with E-state index in [0.717, 1.165) is 38.8 Å². The van der Waals surface area contributed by atoms with E-state index >= 15 is 0 Å². The second kappa shape index (κ2) is 7.11. The highest BCUT2D eigenvalue weighted by Crippen LogP contribution is 2.35. The van der Waals surface area contributed by atoms with E-state index < -0.39 is 11.4 Å². The van der Waals surface area contributed by atoms with Crippen molar-refractivity contribution in [1.82, 2.24) is 15.3 Å². The SMILES string of the molecule is CCCC1(C(=O)O)CCCN(C(=O)NN2CCCCC2)C1. The summed E-state index contributed by atoms with van der Waals surface area (Å²) in [5, 5.41) is 11.5. The van der Waals surface area contributed by atoms with E-state index in [1.807, 2.05) is 11.9 Å². The molecule has 2 fully saturated rings. The number of carboxylic acid groups (broad SMARTS) is 1. The Kier molecular flexibility index (Phi) is 5.45. The van der Waals surface area contributed by atoms with Crippen LogP contribution in [-0.4, -0.2) is 53.2 Å². The highest BCUT2D eigenvalue weighted by molar-refractivity contribution is 5.78. The van der Waals surface area contributed by atoms with Gasteiger partial charge in [-0.2, -0.15) is 0 Å². The van der Waals surface area contributed by atoms with Crippen molar-refractivity contribution in [2.24, 2.45) is 5.41 Å². The number of carboxylic acids is 1. The fourth-order valence-electron chi connectivity index (χ4n) is 3.48. The van der Waals surface area contributed by atoms with Crippen molar-refractivity contribution in [2.45, 2.75) is 51.9 Å². The van der Waals surface area contributed by atoms with E-state index in [4.69, 9.17) is 0 Å². The Bertz CT molecular complexity index is 378. The zero-order chi connectivity index (χ0) is 15.3. The van der Waals surface area contributed by atoms with Gasteiger partial charge in [-0.3, -0.25) is 10.2 Å². The number of carbonyl (C=O) groups is 2. The fraction of sp³-hybridized carbons (Fsp3) is 0.867. The Morgan fingerprint density at radius 1 is 1.14 bits per heavy atom. The second-order valence-electron chi connectivity index (χ2n) is 6.33. The van der Waals surface area contributed by atoms with Gasteiger partial charge in [0.25, 0.3) is 0 Å². The normalized spacial score (nSPS) is 27.4. The van der Waals surface area contributed by atoms with Crippen LogP contribution in [-0.2, 0) is 4.79 Å². The van der Waals surface area contributed by atoms with Gasteiger partial charge < -0.3 is 10.0 Å². The maximum Gasteiger partial charge on any atom is 0.331 e. The summed E-state index contributed by atoms with van der Waals surface area (Å²) in [6.07, 6.45) is 6.33. The van der Waals surface area contributed by atoms with Crippen LogP contribution < -0.4 is 5.43 Å². The molecule has 2 rings (SSSR count). The predicted octanol–water partition coefficient (Wildman–Crippen LogP) is 2.06. The maximum atomic E-state index is 12.4. The summed E-state index contributed by atoms with van der Waals surface area (Å²) >= 11 is 0. The van der Waals surface area contributed by atoms with Gasteiger partial charge in [0, 0.05) is 26.2 Å². The number of likely N-dealkylation sites (tertiary alicyclic amines) is 1. The molecule has 6 heteroatoms. The molecular weight excluding hydrogens is 270 g/mol. The number of aliphatic carboxylic acids is 1. The Morgan fingerprint density at radius 2 is 1.86 bits per heavy atom. The molecule has 2 aliphatic rings. The quantitative estimate of drug-likeness (QED) is 0.833.